The van der Waals surface area contributed by atoms with Gasteiger partial charge in [0.05, 0.1) is 0 Å². The summed E-state index contributed by atoms with van der Waals surface area (Å²) in [6, 6.07) is 10.0. The van der Waals surface area contributed by atoms with Crippen LogP contribution >= 0.6 is 0 Å². The monoisotopic (exact) mass is 138 g/mol. The molecule has 1 aromatic rings. The van der Waals surface area contributed by atoms with Crippen LogP contribution in [0, 0.1) is 0 Å². The predicted octanol–water partition coefficient (Wildman–Crippen LogP) is 0.921. The third-order valence-electron chi connectivity index (χ3n) is 1.52. The lowest BCUT2D eigenvalue weighted by molar-refractivity contribution is -0.704. The lowest BCUT2D eigenvalue weighted by atomic mass is 10.1. The van der Waals surface area contributed by atoms with Gasteiger partial charge in [-0.2, -0.15) is 0 Å². The highest BCUT2D eigenvalue weighted by Crippen LogP contribution is 2.11. The van der Waals surface area contributed by atoms with Gasteiger partial charge in [0, 0.05) is 0 Å². The lowest BCUT2D eigenvalue weighted by Crippen LogP contribution is -2.49. The smallest absolute Gasteiger partial charge is 0.139 e. The predicted molar refractivity (Wildman–Crippen MR) is 38.8 cm³/mol. The highest BCUT2D eigenvalue weighted by molar-refractivity contribution is 5.16. The van der Waals surface area contributed by atoms with Crippen LogP contribution in [0.1, 0.15) is 18.6 Å². The standard InChI is InChI=1S/C8H12NO/c1-7(10-9)8-5-3-2-4-6-8/h2-7H,1,9H3/q+1/t7-/m1/s1. The maximum atomic E-state index is 4.89. The zero-order valence-corrected chi connectivity index (χ0v) is 6.08. The van der Waals surface area contributed by atoms with Crippen molar-refractivity contribution >= 4 is 0 Å². The third-order valence-corrected chi connectivity index (χ3v) is 1.52. The van der Waals surface area contributed by atoms with Crippen molar-refractivity contribution in [1.82, 2.24) is 0 Å². The Morgan fingerprint density at radius 2 is 1.90 bits per heavy atom. The van der Waals surface area contributed by atoms with E-state index in [-0.39, 0.29) is 6.10 Å². The van der Waals surface area contributed by atoms with Crippen LogP contribution in [0.4, 0.5) is 0 Å². The molecule has 1 rings (SSSR count). The molecular formula is C8H12NO+. The van der Waals surface area contributed by atoms with Crippen molar-refractivity contribution in [2.75, 3.05) is 0 Å². The largest absolute Gasteiger partial charge is 0.212 e. The number of rotatable bonds is 2. The molecule has 0 radical (unpaired) electrons. The minimum absolute atomic E-state index is 0.0983. The summed E-state index contributed by atoms with van der Waals surface area (Å²) in [6.07, 6.45) is 0.0983. The first-order valence-corrected chi connectivity index (χ1v) is 3.30. The van der Waals surface area contributed by atoms with Crippen molar-refractivity contribution in [3.05, 3.63) is 35.9 Å². The second kappa shape index (κ2) is 3.34. The molecule has 0 spiro atoms. The molecule has 0 fully saturated rings. The lowest BCUT2D eigenvalue weighted by Gasteiger charge is -2.03. The second-order valence-electron chi connectivity index (χ2n) is 2.22. The zero-order valence-electron chi connectivity index (χ0n) is 6.08. The molecule has 0 bridgehead atoms. The van der Waals surface area contributed by atoms with Crippen LogP contribution in [0.25, 0.3) is 0 Å². The van der Waals surface area contributed by atoms with Crippen molar-refractivity contribution in [2.24, 2.45) is 0 Å². The molecule has 0 saturated heterocycles. The van der Waals surface area contributed by atoms with Gasteiger partial charge < -0.3 is 0 Å². The molecule has 0 saturated carbocycles. The molecule has 0 heterocycles. The van der Waals surface area contributed by atoms with Gasteiger partial charge in [-0.1, -0.05) is 30.3 Å². The molecule has 1 atom stereocenters. The number of benzene rings is 1. The molecule has 10 heavy (non-hydrogen) atoms. The van der Waals surface area contributed by atoms with Crippen molar-refractivity contribution in [3.63, 3.8) is 0 Å². The summed E-state index contributed by atoms with van der Waals surface area (Å²) >= 11 is 0. The quantitative estimate of drug-likeness (QED) is 0.606. The number of hydrogen-bond donors (Lipinski definition) is 1. The number of hydrogen-bond acceptors (Lipinski definition) is 1. The van der Waals surface area contributed by atoms with Gasteiger partial charge >= 0.3 is 0 Å². The van der Waals surface area contributed by atoms with Crippen molar-refractivity contribution in [3.8, 4) is 0 Å². The van der Waals surface area contributed by atoms with Gasteiger partial charge in [-0.3, -0.25) is 0 Å². The minimum Gasteiger partial charge on any atom is -0.212 e. The number of quaternary nitrogens is 1. The van der Waals surface area contributed by atoms with Gasteiger partial charge in [-0.05, 0) is 12.5 Å². The van der Waals surface area contributed by atoms with E-state index in [0.717, 1.165) is 5.56 Å². The van der Waals surface area contributed by atoms with Crippen LogP contribution in [0.5, 0.6) is 0 Å². The van der Waals surface area contributed by atoms with E-state index in [1.165, 1.54) is 0 Å². The SMILES string of the molecule is C[C@@H](O[NH3+])c1ccccc1. The summed E-state index contributed by atoms with van der Waals surface area (Å²) in [5, 5.41) is 0. The van der Waals surface area contributed by atoms with Gasteiger partial charge in [-0.15, -0.1) is 0 Å². The summed E-state index contributed by atoms with van der Waals surface area (Å²) in [4.78, 5) is 4.89. The average molecular weight is 138 g/mol. The Bertz CT molecular complexity index is 186. The molecule has 0 aliphatic heterocycles. The van der Waals surface area contributed by atoms with Crippen LogP contribution in [-0.2, 0) is 4.84 Å². The summed E-state index contributed by atoms with van der Waals surface area (Å²) in [7, 11) is 0. The van der Waals surface area contributed by atoms with Crippen LogP contribution in [0.3, 0.4) is 0 Å². The fraction of sp³-hybridized carbons (Fsp3) is 0.250. The highest BCUT2D eigenvalue weighted by Gasteiger charge is 2.02. The van der Waals surface area contributed by atoms with E-state index in [9.17, 15) is 0 Å². The van der Waals surface area contributed by atoms with Crippen LogP contribution < -0.4 is 5.90 Å². The Hall–Kier alpha value is -0.860. The van der Waals surface area contributed by atoms with Gasteiger partial charge in [0.1, 0.15) is 6.10 Å². The molecule has 0 amide bonds. The summed E-state index contributed by atoms with van der Waals surface area (Å²) < 4.78 is 0. The maximum absolute atomic E-state index is 4.89. The minimum atomic E-state index is 0.0983. The van der Waals surface area contributed by atoms with Crippen molar-refractivity contribution in [1.29, 1.82) is 0 Å². The van der Waals surface area contributed by atoms with Crippen LogP contribution in [-0.4, -0.2) is 0 Å². The molecule has 0 aliphatic rings. The van der Waals surface area contributed by atoms with E-state index in [1.807, 2.05) is 37.3 Å². The fourth-order valence-electron chi connectivity index (χ4n) is 0.820. The van der Waals surface area contributed by atoms with Gasteiger partial charge in [0.15, 0.2) is 0 Å². The zero-order chi connectivity index (χ0) is 7.40. The van der Waals surface area contributed by atoms with E-state index in [4.69, 9.17) is 4.84 Å². The Labute approximate surface area is 60.6 Å². The maximum Gasteiger partial charge on any atom is 0.139 e. The fourth-order valence-corrected chi connectivity index (χ4v) is 0.820. The van der Waals surface area contributed by atoms with Gasteiger partial charge in [-0.25, -0.2) is 10.7 Å². The van der Waals surface area contributed by atoms with E-state index >= 15 is 0 Å². The van der Waals surface area contributed by atoms with E-state index in [2.05, 4.69) is 5.90 Å². The van der Waals surface area contributed by atoms with Crippen molar-refractivity contribution < 1.29 is 10.7 Å². The molecular weight excluding hydrogens is 126 g/mol. The summed E-state index contributed by atoms with van der Waals surface area (Å²) in [6.45, 7) is 1.97. The Kier molecular flexibility index (Phi) is 2.42. The highest BCUT2D eigenvalue weighted by atomic mass is 16.6. The summed E-state index contributed by atoms with van der Waals surface area (Å²) in [5.74, 6) is 3.36. The molecule has 0 aliphatic carbocycles. The molecule has 0 aromatic heterocycles. The molecule has 2 heteroatoms. The molecule has 54 valence electrons. The third kappa shape index (κ3) is 1.56. The topological polar surface area (TPSA) is 36.9 Å². The first kappa shape index (κ1) is 7.25. The molecule has 2 nitrogen and oxygen atoms in total. The van der Waals surface area contributed by atoms with Crippen LogP contribution in [0.15, 0.2) is 30.3 Å². The van der Waals surface area contributed by atoms with E-state index in [0.29, 0.717) is 0 Å². The summed E-state index contributed by atoms with van der Waals surface area (Å²) in [5.41, 5.74) is 1.16. The first-order valence-electron chi connectivity index (χ1n) is 3.30. The Morgan fingerprint density at radius 1 is 1.30 bits per heavy atom. The Balaban J connectivity index is 2.75. The molecule has 0 unspecified atom stereocenters. The van der Waals surface area contributed by atoms with Gasteiger partial charge in [0.2, 0.25) is 0 Å². The van der Waals surface area contributed by atoms with E-state index < -0.39 is 0 Å². The van der Waals surface area contributed by atoms with E-state index in [1.54, 1.807) is 0 Å². The molecule has 1 aromatic carbocycles. The second-order valence-corrected chi connectivity index (χ2v) is 2.22. The Morgan fingerprint density at radius 3 is 2.40 bits per heavy atom. The normalized spacial score (nSPS) is 13.0. The van der Waals surface area contributed by atoms with Gasteiger partial charge in [0.25, 0.3) is 0 Å². The van der Waals surface area contributed by atoms with Crippen LogP contribution in [0.2, 0.25) is 0 Å². The average Bonchev–Trinajstić information content (AvgIpc) is 2.05. The van der Waals surface area contributed by atoms with Crippen molar-refractivity contribution in [2.45, 2.75) is 13.0 Å². The molecule has 3 N–H and O–H groups in total. The first-order chi connectivity index (χ1) is 4.84.